The molecule has 0 aliphatic carbocycles. The van der Waals surface area contributed by atoms with Gasteiger partial charge in [-0.2, -0.15) is 0 Å². The van der Waals surface area contributed by atoms with Gasteiger partial charge in [-0.05, 0) is 56.1 Å². The van der Waals surface area contributed by atoms with E-state index in [1.54, 1.807) is 25.3 Å². The Morgan fingerprint density at radius 3 is 2.46 bits per heavy atom. The van der Waals surface area contributed by atoms with Gasteiger partial charge in [-0.15, -0.1) is 0 Å². The molecule has 0 atom stereocenters. The van der Waals surface area contributed by atoms with Crippen LogP contribution in [0.15, 0.2) is 36.4 Å². The number of hydrogen-bond acceptors (Lipinski definition) is 3. The second kappa shape index (κ2) is 8.90. The summed E-state index contributed by atoms with van der Waals surface area (Å²) < 4.78 is 24.0. The third-order valence-corrected chi connectivity index (χ3v) is 3.87. The van der Waals surface area contributed by atoms with E-state index in [4.69, 9.17) is 21.1 Å². The van der Waals surface area contributed by atoms with Crippen molar-refractivity contribution >= 4 is 11.6 Å². The second-order valence-corrected chi connectivity index (χ2v) is 6.22. The maximum Gasteiger partial charge on any atom is 0.163 e. The second-order valence-electron chi connectivity index (χ2n) is 5.81. The fourth-order valence-corrected chi connectivity index (χ4v) is 2.55. The van der Waals surface area contributed by atoms with E-state index in [0.29, 0.717) is 23.1 Å². The van der Waals surface area contributed by atoms with Gasteiger partial charge in [-0.1, -0.05) is 23.7 Å². The molecular weight excluding hydrogens is 329 g/mol. The molecule has 3 nitrogen and oxygen atoms in total. The molecule has 1 N–H and O–H groups in total. The number of benzene rings is 2. The maximum absolute atomic E-state index is 12.9. The third-order valence-electron chi connectivity index (χ3n) is 3.51. The predicted molar refractivity (Wildman–Crippen MR) is 95.6 cm³/mol. The van der Waals surface area contributed by atoms with E-state index in [1.807, 2.05) is 19.9 Å². The van der Waals surface area contributed by atoms with Crippen molar-refractivity contribution in [2.75, 3.05) is 13.7 Å². The van der Waals surface area contributed by atoms with Crippen molar-refractivity contribution < 1.29 is 13.9 Å². The molecule has 2 aromatic rings. The monoisotopic (exact) mass is 351 g/mol. The fourth-order valence-electron chi connectivity index (χ4n) is 2.33. The molecule has 0 bridgehead atoms. The van der Waals surface area contributed by atoms with Crippen molar-refractivity contribution in [1.82, 2.24) is 5.32 Å². The van der Waals surface area contributed by atoms with Crippen molar-refractivity contribution in [2.45, 2.75) is 32.9 Å². The summed E-state index contributed by atoms with van der Waals surface area (Å²) in [6, 6.07) is 10.2. The lowest BCUT2D eigenvalue weighted by molar-refractivity contribution is 0.230. The number of methoxy groups -OCH3 is 1. The van der Waals surface area contributed by atoms with Crippen molar-refractivity contribution in [3.63, 3.8) is 0 Å². The van der Waals surface area contributed by atoms with Crippen molar-refractivity contribution in [1.29, 1.82) is 0 Å². The Bertz CT molecular complexity index is 659. The largest absolute Gasteiger partial charge is 0.493 e. The van der Waals surface area contributed by atoms with Crippen LogP contribution in [0.3, 0.4) is 0 Å². The minimum atomic E-state index is -0.214. The molecule has 0 unspecified atom stereocenters. The van der Waals surface area contributed by atoms with Crippen LogP contribution in [0.5, 0.6) is 11.5 Å². The van der Waals surface area contributed by atoms with Gasteiger partial charge in [-0.3, -0.25) is 0 Å². The molecular formula is C19H23ClFNO2. The number of ether oxygens (including phenoxy) is 2. The van der Waals surface area contributed by atoms with Crippen LogP contribution in [0.1, 0.15) is 25.0 Å². The van der Waals surface area contributed by atoms with Gasteiger partial charge in [0.2, 0.25) is 0 Å². The molecule has 24 heavy (non-hydrogen) atoms. The molecule has 5 heteroatoms. The maximum atomic E-state index is 12.9. The normalized spacial score (nSPS) is 10.9. The molecule has 0 saturated heterocycles. The van der Waals surface area contributed by atoms with Gasteiger partial charge in [0.15, 0.2) is 11.5 Å². The van der Waals surface area contributed by atoms with E-state index < -0.39 is 0 Å². The van der Waals surface area contributed by atoms with E-state index in [1.165, 1.54) is 12.1 Å². The van der Waals surface area contributed by atoms with E-state index in [0.717, 1.165) is 24.1 Å². The zero-order chi connectivity index (χ0) is 17.5. The SMILES string of the molecule is COc1cc(CNCCc2ccc(F)cc2)c(Cl)cc1OC(C)C. The average molecular weight is 352 g/mol. The molecule has 0 fully saturated rings. The topological polar surface area (TPSA) is 30.5 Å². The highest BCUT2D eigenvalue weighted by atomic mass is 35.5. The lowest BCUT2D eigenvalue weighted by Gasteiger charge is -2.16. The van der Waals surface area contributed by atoms with Crippen molar-refractivity contribution in [2.24, 2.45) is 0 Å². The Labute approximate surface area is 147 Å². The first-order valence-corrected chi connectivity index (χ1v) is 8.35. The molecule has 0 saturated carbocycles. The molecule has 2 rings (SSSR count). The first kappa shape index (κ1) is 18.6. The van der Waals surface area contributed by atoms with E-state index in [-0.39, 0.29) is 11.9 Å². The molecule has 0 aliphatic rings. The summed E-state index contributed by atoms with van der Waals surface area (Å²) in [6.45, 7) is 5.31. The zero-order valence-electron chi connectivity index (χ0n) is 14.2. The highest BCUT2D eigenvalue weighted by Gasteiger charge is 2.11. The van der Waals surface area contributed by atoms with Gasteiger partial charge in [0.05, 0.1) is 13.2 Å². The Morgan fingerprint density at radius 1 is 1.12 bits per heavy atom. The standard InChI is InChI=1S/C19H23ClFNO2/c1-13(2)24-19-11-17(20)15(10-18(19)23-3)12-22-9-8-14-4-6-16(21)7-5-14/h4-7,10-11,13,22H,8-9,12H2,1-3H3. The first-order valence-electron chi connectivity index (χ1n) is 7.98. The zero-order valence-corrected chi connectivity index (χ0v) is 15.0. The molecule has 0 heterocycles. The van der Waals surface area contributed by atoms with Gasteiger partial charge >= 0.3 is 0 Å². The Morgan fingerprint density at radius 2 is 1.83 bits per heavy atom. The van der Waals surface area contributed by atoms with Gasteiger partial charge in [0, 0.05) is 17.6 Å². The number of rotatable bonds is 8. The number of halogens is 2. The summed E-state index contributed by atoms with van der Waals surface area (Å²) in [6.07, 6.45) is 0.874. The van der Waals surface area contributed by atoms with Crippen LogP contribution in [0.25, 0.3) is 0 Å². The van der Waals surface area contributed by atoms with Gasteiger partial charge in [0.1, 0.15) is 5.82 Å². The molecule has 0 aromatic heterocycles. The average Bonchev–Trinajstić information content (AvgIpc) is 2.54. The Balaban J connectivity index is 1.93. The van der Waals surface area contributed by atoms with Crippen LogP contribution >= 0.6 is 11.6 Å². The van der Waals surface area contributed by atoms with Crippen LogP contribution in [0.2, 0.25) is 5.02 Å². The summed E-state index contributed by atoms with van der Waals surface area (Å²) in [7, 11) is 1.61. The summed E-state index contributed by atoms with van der Waals surface area (Å²) >= 11 is 6.34. The smallest absolute Gasteiger partial charge is 0.163 e. The van der Waals surface area contributed by atoms with Gasteiger partial charge < -0.3 is 14.8 Å². The molecule has 0 spiro atoms. The van der Waals surface area contributed by atoms with Crippen LogP contribution in [0, 0.1) is 5.82 Å². The van der Waals surface area contributed by atoms with Crippen molar-refractivity contribution in [3.8, 4) is 11.5 Å². The summed E-state index contributed by atoms with van der Waals surface area (Å²) in [5.74, 6) is 1.10. The number of hydrogen-bond donors (Lipinski definition) is 1. The Hall–Kier alpha value is -1.78. The molecule has 130 valence electrons. The Kier molecular flexibility index (Phi) is 6.88. The van der Waals surface area contributed by atoms with Crippen molar-refractivity contribution in [3.05, 3.63) is 58.4 Å². The highest BCUT2D eigenvalue weighted by Crippen LogP contribution is 2.34. The number of nitrogens with one attached hydrogen (secondary N) is 1. The molecule has 2 aromatic carbocycles. The van der Waals surface area contributed by atoms with Gasteiger partial charge in [0.25, 0.3) is 0 Å². The quantitative estimate of drug-likeness (QED) is 0.705. The summed E-state index contributed by atoms with van der Waals surface area (Å²) in [5, 5.41) is 3.98. The van der Waals surface area contributed by atoms with Crippen LogP contribution in [0.4, 0.5) is 4.39 Å². The molecule has 0 radical (unpaired) electrons. The predicted octanol–water partition coefficient (Wildman–Crippen LogP) is 4.61. The summed E-state index contributed by atoms with van der Waals surface area (Å²) in [4.78, 5) is 0. The lowest BCUT2D eigenvalue weighted by Crippen LogP contribution is -2.17. The van der Waals surface area contributed by atoms with E-state index in [9.17, 15) is 4.39 Å². The highest BCUT2D eigenvalue weighted by molar-refractivity contribution is 6.31. The van der Waals surface area contributed by atoms with Gasteiger partial charge in [-0.25, -0.2) is 4.39 Å². The minimum Gasteiger partial charge on any atom is -0.493 e. The molecule has 0 aliphatic heterocycles. The van der Waals surface area contributed by atoms with Crippen LogP contribution in [-0.4, -0.2) is 19.8 Å². The lowest BCUT2D eigenvalue weighted by atomic mass is 10.1. The van der Waals surface area contributed by atoms with Crippen LogP contribution < -0.4 is 14.8 Å². The van der Waals surface area contributed by atoms with E-state index in [2.05, 4.69) is 5.32 Å². The third kappa shape index (κ3) is 5.39. The minimum absolute atomic E-state index is 0.0506. The first-order chi connectivity index (χ1) is 11.5. The molecule has 0 amide bonds. The van der Waals surface area contributed by atoms with Crippen LogP contribution in [-0.2, 0) is 13.0 Å². The fraction of sp³-hybridized carbons (Fsp3) is 0.368. The summed E-state index contributed by atoms with van der Waals surface area (Å²) in [5.41, 5.74) is 2.04. The van der Waals surface area contributed by atoms with E-state index >= 15 is 0 Å².